The van der Waals surface area contributed by atoms with Crippen molar-refractivity contribution in [1.82, 2.24) is 20.1 Å². The highest BCUT2D eigenvalue weighted by atomic mass is 32.1. The lowest BCUT2D eigenvalue weighted by Crippen LogP contribution is -2.56. The van der Waals surface area contributed by atoms with Crippen molar-refractivity contribution in [3.8, 4) is 11.5 Å². The van der Waals surface area contributed by atoms with Crippen molar-refractivity contribution in [2.75, 3.05) is 39.2 Å². The molecule has 208 valence electrons. The molecule has 2 aliphatic heterocycles. The van der Waals surface area contributed by atoms with Crippen LogP contribution in [-0.4, -0.2) is 84.8 Å². The number of morpholine rings is 1. The molecule has 40 heavy (non-hydrogen) atoms. The molecule has 2 aromatic carbocycles. The summed E-state index contributed by atoms with van der Waals surface area (Å²) in [5.41, 5.74) is 0.554. The van der Waals surface area contributed by atoms with Crippen LogP contribution >= 0.6 is 11.3 Å². The Morgan fingerprint density at radius 3 is 2.62 bits per heavy atom. The lowest BCUT2D eigenvalue weighted by molar-refractivity contribution is 0.0296. The Bertz CT molecular complexity index is 1410. The van der Waals surface area contributed by atoms with E-state index in [1.54, 1.807) is 68.8 Å². The van der Waals surface area contributed by atoms with Gasteiger partial charge in [0.1, 0.15) is 11.5 Å². The standard InChI is InChI=1S/C27H29N7O5S/c1-17-16-37-14-13-34(17)24-29-22(21-15-28-26(40-21)32-27(36)39-19-7-5-4-6-8-19)30-25(31-24)38-20-11-9-18(10-12-20)23(35)33(2)3/h4-12,15,17,25H,13-14,16H2,1-3H3,(H,28,32,36)(H,29,30,31)/t17-,25?/m0/s1. The number of aromatic nitrogens is 1. The number of benzene rings is 2. The number of carbonyl (C=O) groups is 2. The van der Waals surface area contributed by atoms with E-state index in [4.69, 9.17) is 19.2 Å². The minimum Gasteiger partial charge on any atom is -0.450 e. The molecule has 0 aliphatic carbocycles. The second kappa shape index (κ2) is 12.1. The van der Waals surface area contributed by atoms with Gasteiger partial charge in [-0.2, -0.15) is 4.99 Å². The summed E-state index contributed by atoms with van der Waals surface area (Å²) in [4.78, 5) is 42.5. The first-order chi connectivity index (χ1) is 19.4. The maximum atomic E-state index is 12.3. The highest BCUT2D eigenvalue weighted by Gasteiger charge is 2.29. The highest BCUT2D eigenvalue weighted by Crippen LogP contribution is 2.23. The summed E-state index contributed by atoms with van der Waals surface area (Å²) < 4.78 is 17.0. The number of amidine groups is 1. The number of hydrogen-bond acceptors (Lipinski definition) is 11. The van der Waals surface area contributed by atoms with Gasteiger partial charge in [0.05, 0.1) is 30.3 Å². The summed E-state index contributed by atoms with van der Waals surface area (Å²) in [6.45, 7) is 3.84. The highest BCUT2D eigenvalue weighted by molar-refractivity contribution is 7.17. The van der Waals surface area contributed by atoms with E-state index < -0.39 is 12.4 Å². The van der Waals surface area contributed by atoms with Gasteiger partial charge >= 0.3 is 6.09 Å². The van der Waals surface area contributed by atoms with E-state index in [0.717, 1.165) is 0 Å². The largest absolute Gasteiger partial charge is 0.450 e. The lowest BCUT2D eigenvalue weighted by Gasteiger charge is -2.37. The number of amides is 2. The third kappa shape index (κ3) is 6.55. The van der Waals surface area contributed by atoms with Crippen LogP contribution in [0.4, 0.5) is 9.93 Å². The smallest absolute Gasteiger partial charge is 0.418 e. The summed E-state index contributed by atoms with van der Waals surface area (Å²) in [5.74, 6) is 1.85. The van der Waals surface area contributed by atoms with Crippen LogP contribution in [0.2, 0.25) is 0 Å². The molecule has 2 atom stereocenters. The molecule has 1 aromatic heterocycles. The normalized spacial score (nSPS) is 18.6. The minimum atomic E-state index is -0.797. The van der Waals surface area contributed by atoms with Crippen molar-refractivity contribution in [2.24, 2.45) is 9.98 Å². The number of hydrogen-bond donors (Lipinski definition) is 2. The summed E-state index contributed by atoms with van der Waals surface area (Å²) in [6.07, 6.45) is 0.146. The Kier molecular flexibility index (Phi) is 8.22. The molecule has 3 heterocycles. The Labute approximate surface area is 235 Å². The summed E-state index contributed by atoms with van der Waals surface area (Å²) in [6, 6.07) is 15.7. The van der Waals surface area contributed by atoms with E-state index in [1.165, 1.54) is 16.2 Å². The van der Waals surface area contributed by atoms with Gasteiger partial charge in [-0.3, -0.25) is 10.1 Å². The number of guanidine groups is 1. The third-order valence-corrected chi connectivity index (χ3v) is 6.90. The minimum absolute atomic E-state index is 0.0859. The average molecular weight is 564 g/mol. The van der Waals surface area contributed by atoms with Crippen molar-refractivity contribution in [3.05, 3.63) is 71.2 Å². The summed E-state index contributed by atoms with van der Waals surface area (Å²) in [5, 5.41) is 6.24. The van der Waals surface area contributed by atoms with E-state index in [-0.39, 0.29) is 11.9 Å². The molecule has 1 fully saturated rings. The molecule has 2 N–H and O–H groups in total. The van der Waals surface area contributed by atoms with Crippen molar-refractivity contribution in [2.45, 2.75) is 19.3 Å². The number of nitrogens with one attached hydrogen (secondary N) is 2. The molecule has 12 nitrogen and oxygen atoms in total. The number of para-hydroxylation sites is 1. The number of nitrogens with zero attached hydrogens (tertiary/aromatic N) is 5. The molecule has 0 spiro atoms. The molecule has 13 heteroatoms. The number of carbonyl (C=O) groups excluding carboxylic acids is 2. The third-order valence-electron chi connectivity index (χ3n) is 5.99. The zero-order chi connectivity index (χ0) is 28.1. The zero-order valence-corrected chi connectivity index (χ0v) is 23.1. The van der Waals surface area contributed by atoms with E-state index >= 15 is 0 Å². The fourth-order valence-corrected chi connectivity index (χ4v) is 4.73. The molecule has 2 amide bonds. The van der Waals surface area contributed by atoms with Gasteiger partial charge in [0.15, 0.2) is 11.0 Å². The number of anilines is 1. The number of aliphatic imine (C=N–C) groups is 2. The number of ether oxygens (including phenoxy) is 3. The van der Waals surface area contributed by atoms with Crippen molar-refractivity contribution >= 4 is 40.3 Å². The SMILES string of the molecule is C[C@H]1COCCN1C1=NC(c2cnc(NC(=O)Oc3ccccc3)s2)=NC(Oc2ccc(C(=O)N(C)C)cc2)N1. The van der Waals surface area contributed by atoms with E-state index in [9.17, 15) is 9.59 Å². The molecule has 5 rings (SSSR count). The molecule has 0 bridgehead atoms. The van der Waals surface area contributed by atoms with Gasteiger partial charge in [-0.05, 0) is 43.3 Å². The maximum absolute atomic E-state index is 12.3. The van der Waals surface area contributed by atoms with Gasteiger partial charge in [-0.1, -0.05) is 29.5 Å². The van der Waals surface area contributed by atoms with Crippen LogP contribution < -0.4 is 20.1 Å². The van der Waals surface area contributed by atoms with E-state index in [2.05, 4.69) is 32.4 Å². The molecule has 0 radical (unpaired) electrons. The monoisotopic (exact) mass is 563 g/mol. The summed E-state index contributed by atoms with van der Waals surface area (Å²) in [7, 11) is 3.41. The first-order valence-electron chi connectivity index (χ1n) is 12.6. The predicted octanol–water partition coefficient (Wildman–Crippen LogP) is 3.24. The number of thiazole rings is 1. The molecule has 3 aromatic rings. The molecule has 0 saturated carbocycles. The van der Waals surface area contributed by atoms with Gasteiger partial charge in [0.2, 0.25) is 5.96 Å². The van der Waals surface area contributed by atoms with Crippen molar-refractivity contribution in [1.29, 1.82) is 0 Å². The van der Waals surface area contributed by atoms with Gasteiger partial charge in [0, 0.05) is 26.2 Å². The van der Waals surface area contributed by atoms with E-state index in [1.807, 2.05) is 6.07 Å². The Morgan fingerprint density at radius 2 is 1.90 bits per heavy atom. The molecule has 1 unspecified atom stereocenters. The van der Waals surface area contributed by atoms with Crippen molar-refractivity contribution < 1.29 is 23.8 Å². The molecular weight excluding hydrogens is 534 g/mol. The average Bonchev–Trinajstić information content (AvgIpc) is 3.42. The van der Waals surface area contributed by atoms with Crippen LogP contribution in [-0.2, 0) is 4.74 Å². The van der Waals surface area contributed by atoms with Crippen LogP contribution in [0.25, 0.3) is 0 Å². The second-order valence-electron chi connectivity index (χ2n) is 9.20. The zero-order valence-electron chi connectivity index (χ0n) is 22.2. The number of rotatable bonds is 6. The van der Waals surface area contributed by atoms with Crippen LogP contribution in [0.1, 0.15) is 22.2 Å². The molecular formula is C27H29N7O5S. The van der Waals surface area contributed by atoms with E-state index in [0.29, 0.717) is 58.6 Å². The topological polar surface area (TPSA) is 130 Å². The van der Waals surface area contributed by atoms with Crippen LogP contribution in [0.3, 0.4) is 0 Å². The quantitative estimate of drug-likeness (QED) is 0.468. The van der Waals surface area contributed by atoms with Crippen LogP contribution in [0.5, 0.6) is 11.5 Å². The molecule has 2 aliphatic rings. The Hall–Kier alpha value is -4.49. The fourth-order valence-electron chi connectivity index (χ4n) is 3.99. The molecule has 1 saturated heterocycles. The first-order valence-corrected chi connectivity index (χ1v) is 13.4. The maximum Gasteiger partial charge on any atom is 0.418 e. The Balaban J connectivity index is 1.34. The van der Waals surface area contributed by atoms with Crippen LogP contribution in [0.15, 0.2) is 70.8 Å². The van der Waals surface area contributed by atoms with Crippen LogP contribution in [0, 0.1) is 0 Å². The fraction of sp³-hybridized carbons (Fsp3) is 0.296. The van der Waals surface area contributed by atoms with Gasteiger partial charge in [0.25, 0.3) is 12.3 Å². The van der Waals surface area contributed by atoms with Crippen molar-refractivity contribution in [3.63, 3.8) is 0 Å². The Morgan fingerprint density at radius 1 is 1.12 bits per heavy atom. The summed E-state index contributed by atoms with van der Waals surface area (Å²) >= 11 is 1.21. The lowest BCUT2D eigenvalue weighted by atomic mass is 10.2. The second-order valence-corrected chi connectivity index (χ2v) is 10.2. The van der Waals surface area contributed by atoms with Gasteiger partial charge < -0.3 is 29.3 Å². The van der Waals surface area contributed by atoms with Gasteiger partial charge in [-0.15, -0.1) is 0 Å². The predicted molar refractivity (Wildman–Crippen MR) is 151 cm³/mol. The first kappa shape index (κ1) is 27.1. The van der Waals surface area contributed by atoms with Gasteiger partial charge in [-0.25, -0.2) is 14.8 Å².